The molecule has 48 heavy (non-hydrogen) atoms. The molecule has 2 unspecified atom stereocenters. The van der Waals surface area contributed by atoms with Crippen LogP contribution < -0.4 is 17.0 Å². The van der Waals surface area contributed by atoms with Crippen molar-refractivity contribution >= 4 is 35.6 Å². The second-order valence-corrected chi connectivity index (χ2v) is 31.3. The van der Waals surface area contributed by atoms with Crippen LogP contribution in [0.5, 0.6) is 0 Å². The van der Waals surface area contributed by atoms with Gasteiger partial charge in [0.2, 0.25) is 0 Å². The molecule has 0 saturated carbocycles. The van der Waals surface area contributed by atoms with E-state index < -0.39 is 76.9 Å². The summed E-state index contributed by atoms with van der Waals surface area (Å²) in [4.78, 5) is 28.3. The Morgan fingerprint density at radius 2 is 1.56 bits per heavy atom. The van der Waals surface area contributed by atoms with Crippen LogP contribution in [0.3, 0.4) is 0 Å². The van der Waals surface area contributed by atoms with Crippen LogP contribution in [0.15, 0.2) is 26.9 Å². The van der Waals surface area contributed by atoms with E-state index in [1.165, 1.54) is 10.8 Å². The molecule has 5 atom stereocenters. The topological polar surface area (TPSA) is 170 Å². The monoisotopic (exact) mass is 747 g/mol. The minimum Gasteiger partial charge on any atom is -0.414 e. The zero-order valence-corrected chi connectivity index (χ0v) is 34.8. The number of nitrogens with zero attached hydrogens (tertiary/aromatic N) is 1. The van der Waals surface area contributed by atoms with Crippen molar-refractivity contribution < 1.29 is 34.7 Å². The molecular weight excluding hydrogens is 691 g/mol. The normalized spacial score (nSPS) is 30.5. The van der Waals surface area contributed by atoms with Crippen LogP contribution in [-0.4, -0.2) is 73.9 Å². The lowest BCUT2D eigenvalue weighted by molar-refractivity contribution is -0.101. The molecule has 3 aliphatic heterocycles. The van der Waals surface area contributed by atoms with Crippen molar-refractivity contribution in [2.75, 3.05) is 6.61 Å². The van der Waals surface area contributed by atoms with Crippen LogP contribution >= 0.6 is 0 Å². The highest BCUT2D eigenvalue weighted by molar-refractivity contribution is 7.90. The first kappa shape index (κ1) is 39.4. The molecule has 1 aromatic rings. The van der Waals surface area contributed by atoms with Gasteiger partial charge in [0.1, 0.15) is 12.2 Å². The number of ether oxygens (including phenoxy) is 1. The van der Waals surface area contributed by atoms with Crippen molar-refractivity contribution in [3.8, 4) is 0 Å². The maximum absolute atomic E-state index is 13.5. The fourth-order valence-electron chi connectivity index (χ4n) is 6.97. The first-order valence-electron chi connectivity index (χ1n) is 16.9. The SMILES string of the molecule is Cc1cn([C@@H]2O[C@H](C3CO[Si](C(C)C)(C(C)C)O[Si](C(C)C)(C(C)C)O3)C3(OS(=O)(=O)C=C3N)[C@H]2O[Si](C)(C)C(C)(C)C)c(=O)[nH]c1=O. The Kier molecular flexibility index (Phi) is 10.6. The molecule has 13 nitrogen and oxygen atoms in total. The summed E-state index contributed by atoms with van der Waals surface area (Å²) in [6.45, 7) is 28.5. The first-order chi connectivity index (χ1) is 21.8. The third-order valence-corrected chi connectivity index (χ3v) is 26.5. The van der Waals surface area contributed by atoms with Crippen molar-refractivity contribution in [3.05, 3.63) is 43.7 Å². The summed E-state index contributed by atoms with van der Waals surface area (Å²) in [5.74, 6) is 0. The number of H-pyrrole nitrogens is 1. The number of hydrogen-bond donors (Lipinski definition) is 2. The molecule has 0 aromatic carbocycles. The molecule has 1 spiro atoms. The number of hydrogen-bond acceptors (Lipinski definition) is 11. The van der Waals surface area contributed by atoms with E-state index >= 15 is 0 Å². The maximum Gasteiger partial charge on any atom is 0.335 e. The Hall–Kier alpha value is -1.42. The van der Waals surface area contributed by atoms with Crippen molar-refractivity contribution in [3.63, 3.8) is 0 Å². The summed E-state index contributed by atoms with van der Waals surface area (Å²) in [5.41, 5.74) is 3.72. The quantitative estimate of drug-likeness (QED) is 0.271. The predicted molar refractivity (Wildman–Crippen MR) is 191 cm³/mol. The second-order valence-electron chi connectivity index (χ2n) is 16.3. The predicted octanol–water partition coefficient (Wildman–Crippen LogP) is 4.99. The number of nitrogens with one attached hydrogen (secondary N) is 1. The third kappa shape index (κ3) is 6.45. The lowest BCUT2D eigenvalue weighted by atomic mass is 9.86. The van der Waals surface area contributed by atoms with E-state index in [4.69, 9.17) is 32.0 Å². The maximum atomic E-state index is 13.5. The number of nitrogens with two attached hydrogens (primary N) is 1. The standard InChI is InChI=1S/C31H57N3O10SSi3/c1-18(2)47(19(3)4)39-16-23(41-48(44-47,20(5)6)21(7)8)25-31(24(32)17-45(37,38)43-31)26(42-46(13,14)30(10,11)12)28(40-25)34-15-22(9)27(35)33-29(34)36/h15,17-21,23,25-26,28H,16,32H2,1-14H3,(H,33,35,36)/t23?,25-,26+,28-,31?/m1/s1. The zero-order valence-electron chi connectivity index (χ0n) is 31.0. The molecule has 0 radical (unpaired) electrons. The number of rotatable bonds is 8. The van der Waals surface area contributed by atoms with Gasteiger partial charge in [-0.1, -0.05) is 76.2 Å². The molecule has 4 heterocycles. The Labute approximate surface area is 288 Å². The van der Waals surface area contributed by atoms with Crippen molar-refractivity contribution in [1.29, 1.82) is 0 Å². The van der Waals surface area contributed by atoms with Gasteiger partial charge in [-0.25, -0.2) is 8.98 Å². The molecule has 3 aliphatic rings. The fraction of sp³-hybridized carbons (Fsp3) is 0.806. The van der Waals surface area contributed by atoms with Crippen LogP contribution in [0.25, 0.3) is 0 Å². The van der Waals surface area contributed by atoms with Gasteiger partial charge in [-0.3, -0.25) is 14.3 Å². The summed E-state index contributed by atoms with van der Waals surface area (Å²) in [7, 11) is -13.2. The molecule has 0 amide bonds. The summed E-state index contributed by atoms with van der Waals surface area (Å²) >= 11 is 0. The second kappa shape index (κ2) is 13.0. The highest BCUT2D eigenvalue weighted by Crippen LogP contribution is 2.55. The van der Waals surface area contributed by atoms with Gasteiger partial charge in [0.15, 0.2) is 20.1 Å². The molecule has 2 saturated heterocycles. The Bertz CT molecular complexity index is 1620. The Morgan fingerprint density at radius 1 is 1.02 bits per heavy atom. The van der Waals surface area contributed by atoms with E-state index in [0.717, 1.165) is 5.41 Å². The van der Waals surface area contributed by atoms with Gasteiger partial charge in [0.05, 0.1) is 23.8 Å². The van der Waals surface area contributed by atoms with Gasteiger partial charge in [-0.2, -0.15) is 8.42 Å². The number of aromatic nitrogens is 2. The molecule has 3 N–H and O–H groups in total. The van der Waals surface area contributed by atoms with Gasteiger partial charge in [-0.15, -0.1) is 0 Å². The van der Waals surface area contributed by atoms with Crippen LogP contribution in [-0.2, 0) is 36.4 Å². The van der Waals surface area contributed by atoms with E-state index in [1.807, 2.05) is 33.9 Å². The highest BCUT2D eigenvalue weighted by Gasteiger charge is 2.71. The average Bonchev–Trinajstić information content (AvgIpc) is 3.26. The zero-order chi connectivity index (χ0) is 36.6. The molecule has 17 heteroatoms. The minimum absolute atomic E-state index is 0.0129. The summed E-state index contributed by atoms with van der Waals surface area (Å²) in [6.07, 6.45) is -3.26. The van der Waals surface area contributed by atoms with Gasteiger partial charge in [0, 0.05) is 11.8 Å². The number of aromatic amines is 1. The van der Waals surface area contributed by atoms with Gasteiger partial charge < -0.3 is 27.9 Å². The molecule has 1 aromatic heterocycles. The number of aryl methyl sites for hydroxylation is 1. The lowest BCUT2D eigenvalue weighted by Crippen LogP contribution is -2.62. The largest absolute Gasteiger partial charge is 0.414 e. The average molecular weight is 748 g/mol. The van der Waals surface area contributed by atoms with Crippen LogP contribution in [0.4, 0.5) is 0 Å². The van der Waals surface area contributed by atoms with Gasteiger partial charge >= 0.3 is 22.8 Å². The summed E-state index contributed by atoms with van der Waals surface area (Å²) < 4.78 is 69.3. The van der Waals surface area contributed by atoms with Crippen LogP contribution in [0, 0.1) is 6.92 Å². The summed E-state index contributed by atoms with van der Waals surface area (Å²) in [6, 6.07) is 0. The molecule has 2 fully saturated rings. The van der Waals surface area contributed by atoms with Crippen LogP contribution in [0.1, 0.15) is 88.0 Å². The molecular formula is C31H57N3O10SSi3. The van der Waals surface area contributed by atoms with Crippen molar-refractivity contribution in [2.24, 2.45) is 5.73 Å². The van der Waals surface area contributed by atoms with Crippen LogP contribution in [0.2, 0.25) is 40.3 Å². The summed E-state index contributed by atoms with van der Waals surface area (Å²) in [5, 5.41) is 0.547. The van der Waals surface area contributed by atoms with E-state index in [-0.39, 0.29) is 45.1 Å². The molecule has 0 bridgehead atoms. The van der Waals surface area contributed by atoms with Crippen molar-refractivity contribution in [2.45, 2.75) is 154 Å². The van der Waals surface area contributed by atoms with Gasteiger partial charge in [-0.05, 0) is 47.2 Å². The van der Waals surface area contributed by atoms with E-state index in [9.17, 15) is 18.0 Å². The minimum atomic E-state index is -4.32. The lowest BCUT2D eigenvalue weighted by Gasteiger charge is -2.46. The molecule has 4 rings (SSSR count). The first-order valence-corrected chi connectivity index (χ1v) is 25.2. The Morgan fingerprint density at radius 3 is 2.02 bits per heavy atom. The van der Waals surface area contributed by atoms with Crippen molar-refractivity contribution in [1.82, 2.24) is 9.55 Å². The smallest absolute Gasteiger partial charge is 0.335 e. The molecule has 274 valence electrons. The molecule has 0 aliphatic carbocycles. The van der Waals surface area contributed by atoms with E-state index in [1.54, 1.807) is 6.92 Å². The van der Waals surface area contributed by atoms with E-state index in [2.05, 4.69) is 60.4 Å². The fourth-order valence-corrected chi connectivity index (χ4v) is 20.6. The van der Waals surface area contributed by atoms with E-state index in [0.29, 0.717) is 0 Å². The van der Waals surface area contributed by atoms with Gasteiger partial charge in [0.25, 0.3) is 15.7 Å². The highest BCUT2D eigenvalue weighted by atomic mass is 32.2. The third-order valence-electron chi connectivity index (χ3n) is 10.7. The Balaban J connectivity index is 2.03.